The molecule has 5 heteroatoms. The molecule has 0 aliphatic carbocycles. The van der Waals surface area contributed by atoms with Crippen LogP contribution in [0.5, 0.6) is 0 Å². The van der Waals surface area contributed by atoms with Gasteiger partial charge in [-0.3, -0.25) is 0 Å². The third-order valence-electron chi connectivity index (χ3n) is 0.411. The van der Waals surface area contributed by atoms with Crippen LogP contribution in [0.1, 0.15) is 6.42 Å². The first-order valence-electron chi connectivity index (χ1n) is 1.91. The largest absolute Gasteiger partial charge is 0.820 e. The highest BCUT2D eigenvalue weighted by atomic mass is 31.2. The van der Waals surface area contributed by atoms with Crippen molar-refractivity contribution in [1.82, 2.24) is 0 Å². The van der Waals surface area contributed by atoms with Gasteiger partial charge >= 0.3 is 0 Å². The minimum absolute atomic E-state index is 0.0325. The maximum atomic E-state index is 9.58. The number of nitriles is 1. The van der Waals surface area contributed by atoms with Crippen LogP contribution >= 0.6 is 8.60 Å². The number of hydrogen-bond donors (Lipinski definition) is 0. The monoisotopic (exact) mass is 133 g/mol. The zero-order valence-electron chi connectivity index (χ0n) is 4.03. The van der Waals surface area contributed by atoms with E-state index < -0.39 is 8.60 Å². The van der Waals surface area contributed by atoms with Gasteiger partial charge in [0.05, 0.1) is 19.1 Å². The Morgan fingerprint density at radius 2 is 2.25 bits per heavy atom. The van der Waals surface area contributed by atoms with Crippen molar-refractivity contribution in [1.29, 1.82) is 5.26 Å². The van der Waals surface area contributed by atoms with Gasteiger partial charge in [-0.1, -0.05) is 0 Å². The Kier molecular flexibility index (Phi) is 4.82. The van der Waals surface area contributed by atoms with E-state index >= 15 is 0 Å². The van der Waals surface area contributed by atoms with Crippen molar-refractivity contribution >= 4 is 8.60 Å². The summed E-state index contributed by atoms with van der Waals surface area (Å²) in [6.07, 6.45) is 0.114. The van der Waals surface area contributed by atoms with Crippen LogP contribution in [0, 0.1) is 11.3 Å². The molecule has 0 aromatic rings. The van der Waals surface area contributed by atoms with Gasteiger partial charge in [0.2, 0.25) is 0 Å². The molecule has 0 spiro atoms. The van der Waals surface area contributed by atoms with Crippen molar-refractivity contribution < 1.29 is 14.3 Å². The summed E-state index contributed by atoms with van der Waals surface area (Å²) in [7, 11) is -2.76. The number of nitrogens with zero attached hydrogens (tertiary/aromatic N) is 1. The molecule has 0 aliphatic heterocycles. The highest BCUT2D eigenvalue weighted by Gasteiger charge is 1.77. The van der Waals surface area contributed by atoms with Crippen LogP contribution in [0.2, 0.25) is 0 Å². The first kappa shape index (κ1) is 7.80. The van der Waals surface area contributed by atoms with E-state index in [4.69, 9.17) is 5.26 Å². The maximum Gasteiger partial charge on any atom is 0.0646 e. The summed E-state index contributed by atoms with van der Waals surface area (Å²) in [4.78, 5) is 19.2. The lowest BCUT2D eigenvalue weighted by molar-refractivity contribution is -0.318. The van der Waals surface area contributed by atoms with Gasteiger partial charge in [0.25, 0.3) is 0 Å². The van der Waals surface area contributed by atoms with E-state index in [9.17, 15) is 9.79 Å². The van der Waals surface area contributed by atoms with E-state index in [2.05, 4.69) is 4.52 Å². The fourth-order valence-electron chi connectivity index (χ4n) is 0.166. The van der Waals surface area contributed by atoms with Gasteiger partial charge in [-0.15, -0.1) is 0 Å². The molecule has 8 heavy (non-hydrogen) atoms. The van der Waals surface area contributed by atoms with Crippen LogP contribution in [0.15, 0.2) is 0 Å². The van der Waals surface area contributed by atoms with Crippen molar-refractivity contribution in [2.75, 3.05) is 6.61 Å². The van der Waals surface area contributed by atoms with Gasteiger partial charge in [0.15, 0.2) is 0 Å². The quantitative estimate of drug-likeness (QED) is 0.360. The molecular weight excluding hydrogens is 129 g/mol. The summed E-state index contributed by atoms with van der Waals surface area (Å²) >= 11 is 0. The Labute approximate surface area is 48.3 Å². The van der Waals surface area contributed by atoms with Crippen LogP contribution < -0.4 is 9.79 Å². The van der Waals surface area contributed by atoms with Gasteiger partial charge in [-0.05, 0) is 0 Å². The molecule has 0 amide bonds. The standard InChI is InChI=1S/C3H4NO3P/c4-2-1-3-7-8(5)6/h1,3H2/q-2. The lowest BCUT2D eigenvalue weighted by Crippen LogP contribution is -2.10. The molecule has 0 saturated heterocycles. The molecule has 0 rings (SSSR count). The molecule has 0 N–H and O–H groups in total. The number of rotatable bonds is 3. The summed E-state index contributed by atoms with van der Waals surface area (Å²) < 4.78 is 4.01. The average molecular weight is 133 g/mol. The molecule has 4 nitrogen and oxygen atoms in total. The van der Waals surface area contributed by atoms with E-state index in [0.717, 1.165) is 0 Å². The minimum Gasteiger partial charge on any atom is -0.820 e. The Morgan fingerprint density at radius 3 is 2.62 bits per heavy atom. The molecule has 0 aromatic carbocycles. The van der Waals surface area contributed by atoms with Gasteiger partial charge in [-0.2, -0.15) is 13.9 Å². The molecule has 0 heterocycles. The van der Waals surface area contributed by atoms with Crippen molar-refractivity contribution in [3.8, 4) is 6.07 Å². The number of hydrogen-bond acceptors (Lipinski definition) is 4. The molecule has 0 atom stereocenters. The molecule has 0 saturated carbocycles. The van der Waals surface area contributed by atoms with E-state index in [0.29, 0.717) is 0 Å². The molecule has 0 unspecified atom stereocenters. The zero-order valence-corrected chi connectivity index (χ0v) is 4.93. The Bertz CT molecular complexity index is 89.0. The van der Waals surface area contributed by atoms with E-state index in [1.807, 2.05) is 0 Å². The first-order chi connectivity index (χ1) is 3.77. The first-order valence-corrected chi connectivity index (χ1v) is 3.01. The van der Waals surface area contributed by atoms with Gasteiger partial charge in [0.1, 0.15) is 0 Å². The Balaban J connectivity index is 2.85. The van der Waals surface area contributed by atoms with E-state index in [-0.39, 0.29) is 13.0 Å². The van der Waals surface area contributed by atoms with Gasteiger partial charge in [-0.25, -0.2) is 0 Å². The van der Waals surface area contributed by atoms with Crippen molar-refractivity contribution in [2.45, 2.75) is 6.42 Å². The molecule has 0 fully saturated rings. The second kappa shape index (κ2) is 4.95. The summed E-state index contributed by atoms with van der Waals surface area (Å²) in [6.45, 7) is -0.0325. The van der Waals surface area contributed by atoms with E-state index in [1.165, 1.54) is 0 Å². The topological polar surface area (TPSA) is 79.1 Å². The smallest absolute Gasteiger partial charge is 0.0646 e. The molecule has 0 radical (unpaired) electrons. The lowest BCUT2D eigenvalue weighted by Gasteiger charge is -2.28. The van der Waals surface area contributed by atoms with Crippen LogP contribution in [0.25, 0.3) is 0 Å². The van der Waals surface area contributed by atoms with Crippen LogP contribution in [0.4, 0.5) is 0 Å². The van der Waals surface area contributed by atoms with Crippen LogP contribution in [-0.4, -0.2) is 6.61 Å². The maximum absolute atomic E-state index is 9.58. The Hall–Kier alpha value is -0.200. The predicted molar refractivity (Wildman–Crippen MR) is 23.1 cm³/mol. The molecular formula is C3H4NO3P-2. The van der Waals surface area contributed by atoms with Crippen LogP contribution in [0.3, 0.4) is 0 Å². The lowest BCUT2D eigenvalue weighted by atomic mass is 10.5. The fraction of sp³-hybridized carbons (Fsp3) is 0.667. The summed E-state index contributed by atoms with van der Waals surface area (Å²) in [5, 5.41) is 7.85. The summed E-state index contributed by atoms with van der Waals surface area (Å²) in [6, 6.07) is 1.73. The van der Waals surface area contributed by atoms with Gasteiger partial charge in [0, 0.05) is 0 Å². The van der Waals surface area contributed by atoms with Crippen LogP contribution in [-0.2, 0) is 4.52 Å². The minimum atomic E-state index is -2.76. The SMILES string of the molecule is N#CCCOP([O-])[O-]. The second-order valence-electron chi connectivity index (χ2n) is 0.965. The van der Waals surface area contributed by atoms with Crippen molar-refractivity contribution in [2.24, 2.45) is 0 Å². The average Bonchev–Trinajstić information content (AvgIpc) is 1.66. The molecule has 0 aromatic heterocycles. The summed E-state index contributed by atoms with van der Waals surface area (Å²) in [5.74, 6) is 0. The summed E-state index contributed by atoms with van der Waals surface area (Å²) in [5.41, 5.74) is 0. The third-order valence-corrected chi connectivity index (χ3v) is 0.804. The normalized spacial score (nSPS) is 9.25. The zero-order chi connectivity index (χ0) is 6.41. The molecule has 46 valence electrons. The van der Waals surface area contributed by atoms with E-state index in [1.54, 1.807) is 6.07 Å². The Morgan fingerprint density at radius 1 is 1.62 bits per heavy atom. The molecule has 0 aliphatic rings. The van der Waals surface area contributed by atoms with Crippen molar-refractivity contribution in [3.63, 3.8) is 0 Å². The fourth-order valence-corrected chi connectivity index (χ4v) is 0.406. The van der Waals surface area contributed by atoms with Crippen molar-refractivity contribution in [3.05, 3.63) is 0 Å². The highest BCUT2D eigenvalue weighted by molar-refractivity contribution is 7.36. The van der Waals surface area contributed by atoms with Gasteiger partial charge < -0.3 is 14.3 Å². The predicted octanol–water partition coefficient (Wildman–Crippen LogP) is -1.14. The third kappa shape index (κ3) is 5.80. The highest BCUT2D eigenvalue weighted by Crippen LogP contribution is 2.11. The molecule has 0 bridgehead atoms. The second-order valence-corrected chi connectivity index (χ2v) is 1.67.